The molecule has 0 rings (SSSR count). The highest BCUT2D eigenvalue weighted by atomic mass is 16.3. The fourth-order valence-corrected chi connectivity index (χ4v) is 6.66. The first-order valence-electron chi connectivity index (χ1n) is 20.7. The number of amides is 1. The summed E-state index contributed by atoms with van der Waals surface area (Å²) in [6.45, 7) is 4.38. The number of rotatable bonds is 38. The van der Waals surface area contributed by atoms with Gasteiger partial charge in [0.1, 0.15) is 0 Å². The van der Waals surface area contributed by atoms with Crippen molar-refractivity contribution in [2.75, 3.05) is 6.61 Å². The van der Waals surface area contributed by atoms with Crippen LogP contribution in [0.2, 0.25) is 0 Å². The molecule has 0 radical (unpaired) electrons. The molecule has 3 N–H and O–H groups in total. The summed E-state index contributed by atoms with van der Waals surface area (Å²) in [5, 5.41) is 23.1. The standard InChI is InChI=1S/C41H83NO3/c1-3-5-7-9-11-13-15-17-19-20-21-23-25-27-29-31-33-35-37-41(45)42-39(38-43)40(44)36-34-32-30-28-26-24-22-18-16-14-12-10-8-6-4-2/h39-40,43-44H,3-38H2,1-2H3,(H,42,45). The number of carbonyl (C=O) groups excluding carboxylic acids is 1. The first kappa shape index (κ1) is 44.4. The van der Waals surface area contributed by atoms with Crippen LogP contribution in [0.25, 0.3) is 0 Å². The SMILES string of the molecule is CCCCCCCCCCCCCCCCCCCCC(=O)NC(CO)C(O)CCCCCCCCCCCCCCCCC. The molecule has 0 saturated heterocycles. The Bertz CT molecular complexity index is 569. The molecule has 2 unspecified atom stereocenters. The van der Waals surface area contributed by atoms with Crippen molar-refractivity contribution in [3.05, 3.63) is 0 Å². The largest absolute Gasteiger partial charge is 0.394 e. The predicted molar refractivity (Wildman–Crippen MR) is 198 cm³/mol. The number of aliphatic hydroxyl groups excluding tert-OH is 2. The topological polar surface area (TPSA) is 69.6 Å². The molecule has 0 spiro atoms. The van der Waals surface area contributed by atoms with Gasteiger partial charge in [-0.2, -0.15) is 0 Å². The fraction of sp³-hybridized carbons (Fsp3) is 0.976. The lowest BCUT2D eigenvalue weighted by atomic mass is 10.0. The Morgan fingerprint density at radius 1 is 0.444 bits per heavy atom. The molecule has 4 nitrogen and oxygen atoms in total. The van der Waals surface area contributed by atoms with E-state index in [9.17, 15) is 15.0 Å². The fourth-order valence-electron chi connectivity index (χ4n) is 6.66. The molecular weight excluding hydrogens is 554 g/mol. The molecule has 0 heterocycles. The van der Waals surface area contributed by atoms with Crippen LogP contribution in [0.3, 0.4) is 0 Å². The third kappa shape index (κ3) is 34.5. The van der Waals surface area contributed by atoms with Gasteiger partial charge in [-0.1, -0.05) is 219 Å². The van der Waals surface area contributed by atoms with Crippen molar-refractivity contribution >= 4 is 5.91 Å². The second kappa shape index (κ2) is 37.8. The molecule has 0 aliphatic rings. The van der Waals surface area contributed by atoms with Crippen LogP contribution in [-0.4, -0.2) is 34.9 Å². The Morgan fingerprint density at radius 3 is 1.00 bits per heavy atom. The maximum absolute atomic E-state index is 12.4. The zero-order valence-electron chi connectivity index (χ0n) is 30.9. The molecule has 0 aliphatic heterocycles. The lowest BCUT2D eigenvalue weighted by molar-refractivity contribution is -0.123. The molecule has 2 atom stereocenters. The van der Waals surface area contributed by atoms with Crippen molar-refractivity contribution in [3.63, 3.8) is 0 Å². The molecule has 0 saturated carbocycles. The van der Waals surface area contributed by atoms with Crippen molar-refractivity contribution in [1.82, 2.24) is 5.32 Å². The van der Waals surface area contributed by atoms with Gasteiger partial charge in [-0.25, -0.2) is 0 Å². The zero-order chi connectivity index (χ0) is 32.9. The van der Waals surface area contributed by atoms with Gasteiger partial charge in [-0.15, -0.1) is 0 Å². The third-order valence-corrected chi connectivity index (χ3v) is 9.87. The second-order valence-corrected chi connectivity index (χ2v) is 14.4. The maximum Gasteiger partial charge on any atom is 0.220 e. The first-order chi connectivity index (χ1) is 22.2. The number of hydrogen-bond acceptors (Lipinski definition) is 3. The van der Waals surface area contributed by atoms with Crippen LogP contribution in [-0.2, 0) is 4.79 Å². The molecule has 0 aromatic heterocycles. The second-order valence-electron chi connectivity index (χ2n) is 14.4. The minimum absolute atomic E-state index is 0.0268. The molecule has 0 aromatic rings. The average Bonchev–Trinajstić information content (AvgIpc) is 3.04. The highest BCUT2D eigenvalue weighted by Crippen LogP contribution is 2.16. The maximum atomic E-state index is 12.4. The summed E-state index contributed by atoms with van der Waals surface area (Å²) < 4.78 is 0. The number of hydrogen-bond donors (Lipinski definition) is 3. The van der Waals surface area contributed by atoms with E-state index in [1.807, 2.05) is 0 Å². The molecule has 0 aliphatic carbocycles. The van der Waals surface area contributed by atoms with Crippen molar-refractivity contribution < 1.29 is 15.0 Å². The van der Waals surface area contributed by atoms with Crippen molar-refractivity contribution in [3.8, 4) is 0 Å². The van der Waals surface area contributed by atoms with E-state index >= 15 is 0 Å². The Morgan fingerprint density at radius 2 is 0.711 bits per heavy atom. The van der Waals surface area contributed by atoms with Gasteiger partial charge in [0.05, 0.1) is 18.8 Å². The van der Waals surface area contributed by atoms with Crippen LogP contribution in [0.5, 0.6) is 0 Å². The minimum Gasteiger partial charge on any atom is -0.394 e. The van der Waals surface area contributed by atoms with Gasteiger partial charge < -0.3 is 15.5 Å². The Balaban J connectivity index is 3.48. The quantitative estimate of drug-likeness (QED) is 0.0590. The Labute approximate surface area is 283 Å². The molecule has 45 heavy (non-hydrogen) atoms. The van der Waals surface area contributed by atoms with Gasteiger partial charge in [-0.05, 0) is 12.8 Å². The van der Waals surface area contributed by atoms with E-state index in [2.05, 4.69) is 19.2 Å². The highest BCUT2D eigenvalue weighted by Gasteiger charge is 2.20. The van der Waals surface area contributed by atoms with Crippen LogP contribution >= 0.6 is 0 Å². The predicted octanol–water partition coefficient (Wildman–Crippen LogP) is 12.5. The molecule has 4 heteroatoms. The Hall–Kier alpha value is -0.610. The van der Waals surface area contributed by atoms with E-state index in [1.54, 1.807) is 0 Å². The van der Waals surface area contributed by atoms with Crippen LogP contribution in [0.15, 0.2) is 0 Å². The van der Waals surface area contributed by atoms with Gasteiger partial charge >= 0.3 is 0 Å². The van der Waals surface area contributed by atoms with Crippen molar-refractivity contribution in [2.45, 2.75) is 251 Å². The van der Waals surface area contributed by atoms with Crippen molar-refractivity contribution in [2.24, 2.45) is 0 Å². The molecular formula is C41H83NO3. The number of unbranched alkanes of at least 4 members (excludes halogenated alkanes) is 31. The summed E-state index contributed by atoms with van der Waals surface area (Å²) in [5.41, 5.74) is 0. The summed E-state index contributed by atoms with van der Waals surface area (Å²) in [4.78, 5) is 12.4. The number of aliphatic hydroxyl groups is 2. The summed E-state index contributed by atoms with van der Waals surface area (Å²) in [7, 11) is 0. The van der Waals surface area contributed by atoms with Crippen LogP contribution in [0.1, 0.15) is 239 Å². The van der Waals surface area contributed by atoms with E-state index < -0.39 is 12.1 Å². The van der Waals surface area contributed by atoms with Gasteiger partial charge in [0.25, 0.3) is 0 Å². The highest BCUT2D eigenvalue weighted by molar-refractivity contribution is 5.76. The smallest absolute Gasteiger partial charge is 0.220 e. The lowest BCUT2D eigenvalue weighted by Crippen LogP contribution is -2.45. The lowest BCUT2D eigenvalue weighted by Gasteiger charge is -2.22. The van der Waals surface area contributed by atoms with E-state index in [4.69, 9.17) is 0 Å². The van der Waals surface area contributed by atoms with Gasteiger partial charge in [-0.3, -0.25) is 4.79 Å². The molecule has 0 aromatic carbocycles. The minimum atomic E-state index is -0.652. The first-order valence-corrected chi connectivity index (χ1v) is 20.7. The van der Waals surface area contributed by atoms with E-state index in [1.165, 1.54) is 186 Å². The molecule has 0 fully saturated rings. The number of nitrogens with one attached hydrogen (secondary N) is 1. The normalized spacial score (nSPS) is 12.9. The van der Waals surface area contributed by atoms with E-state index in [0.717, 1.165) is 25.7 Å². The van der Waals surface area contributed by atoms with Gasteiger partial charge in [0, 0.05) is 6.42 Å². The summed E-state index contributed by atoms with van der Waals surface area (Å²) >= 11 is 0. The average molecular weight is 638 g/mol. The van der Waals surface area contributed by atoms with Crippen LogP contribution < -0.4 is 5.32 Å². The monoisotopic (exact) mass is 638 g/mol. The van der Waals surface area contributed by atoms with Gasteiger partial charge in [0.15, 0.2) is 0 Å². The summed E-state index contributed by atoms with van der Waals surface area (Å²) in [6.07, 6.45) is 44.5. The Kier molecular flexibility index (Phi) is 37.3. The van der Waals surface area contributed by atoms with Crippen molar-refractivity contribution in [1.29, 1.82) is 0 Å². The van der Waals surface area contributed by atoms with Crippen LogP contribution in [0, 0.1) is 0 Å². The van der Waals surface area contributed by atoms with Gasteiger partial charge in [0.2, 0.25) is 5.91 Å². The van der Waals surface area contributed by atoms with Crippen LogP contribution in [0.4, 0.5) is 0 Å². The number of carbonyl (C=O) groups is 1. The summed E-state index contributed by atoms with van der Waals surface area (Å²) in [6, 6.07) is -0.528. The molecule has 1 amide bonds. The summed E-state index contributed by atoms with van der Waals surface area (Å²) in [5.74, 6) is -0.0268. The van der Waals surface area contributed by atoms with E-state index in [0.29, 0.717) is 12.8 Å². The third-order valence-electron chi connectivity index (χ3n) is 9.87. The zero-order valence-corrected chi connectivity index (χ0v) is 30.9. The molecule has 0 bridgehead atoms. The van der Waals surface area contributed by atoms with E-state index in [-0.39, 0.29) is 12.5 Å². The molecule has 270 valence electrons.